The van der Waals surface area contributed by atoms with Crippen molar-refractivity contribution in [3.05, 3.63) is 0 Å². The highest BCUT2D eigenvalue weighted by molar-refractivity contribution is 5.86. The largest absolute Gasteiger partial charge is 0.292 e. The molecule has 3 N–H and O–H groups in total. The number of nitrogens with one attached hydrogen (secondary N) is 3. The Kier molecular flexibility index (Phi) is 5.82. The molecule has 0 aliphatic carbocycles. The highest BCUT2D eigenvalue weighted by Crippen LogP contribution is 2.10. The molecule has 0 bridgehead atoms. The van der Waals surface area contributed by atoms with E-state index in [9.17, 15) is 9.59 Å². The van der Waals surface area contributed by atoms with Gasteiger partial charge in [0.2, 0.25) is 11.8 Å². The molecule has 0 rings (SSSR count). The van der Waals surface area contributed by atoms with E-state index in [0.29, 0.717) is 0 Å². The van der Waals surface area contributed by atoms with E-state index in [1.165, 1.54) is 7.11 Å². The minimum absolute atomic E-state index is 0.230. The van der Waals surface area contributed by atoms with E-state index < -0.39 is 11.8 Å². The molecule has 0 fully saturated rings. The molecule has 0 saturated heterocycles. The van der Waals surface area contributed by atoms with Gasteiger partial charge >= 0.3 is 0 Å². The maximum atomic E-state index is 11.3. The molecule has 0 radical (unpaired) electrons. The Hall–Kier alpha value is -1.14. The second kappa shape index (κ2) is 6.33. The van der Waals surface area contributed by atoms with Crippen LogP contribution in [0.25, 0.3) is 0 Å². The Morgan fingerprint density at radius 1 is 1.14 bits per heavy atom. The van der Waals surface area contributed by atoms with Crippen LogP contribution in [0.15, 0.2) is 0 Å². The number of hydrogen-bond acceptors (Lipinski definition) is 4. The fourth-order valence-electron chi connectivity index (χ4n) is 0.885. The molecule has 14 heavy (non-hydrogen) atoms. The molecule has 0 spiro atoms. The number of hydrogen-bond donors (Lipinski definition) is 3. The summed E-state index contributed by atoms with van der Waals surface area (Å²) in [5.74, 6) is -1.40. The minimum Gasteiger partial charge on any atom is -0.292 e. The van der Waals surface area contributed by atoms with Crippen molar-refractivity contribution in [3.63, 3.8) is 0 Å². The highest BCUT2D eigenvalue weighted by Gasteiger charge is 2.25. The lowest BCUT2D eigenvalue weighted by Crippen LogP contribution is -2.43. The van der Waals surface area contributed by atoms with Crippen LogP contribution >= 0.6 is 0 Å². The standard InChI is InChI=1S/C8H17N3O3/c1-5(7(12)10-9-3)6(2)8(13)11-14-4/h5-6,9H,1-4H3,(H,10,12)(H,11,13)/t5-,6+/m1/s1. The first-order valence-corrected chi connectivity index (χ1v) is 4.34. The van der Waals surface area contributed by atoms with Crippen LogP contribution in [0.4, 0.5) is 0 Å². The van der Waals surface area contributed by atoms with Gasteiger partial charge in [0.25, 0.3) is 0 Å². The molecule has 0 heterocycles. The third-order valence-corrected chi connectivity index (χ3v) is 2.03. The molecule has 0 aromatic heterocycles. The van der Waals surface area contributed by atoms with Gasteiger partial charge in [-0.15, -0.1) is 0 Å². The topological polar surface area (TPSA) is 79.5 Å². The predicted octanol–water partition coefficient (Wildman–Crippen LogP) is -0.813. The predicted molar refractivity (Wildman–Crippen MR) is 50.7 cm³/mol. The van der Waals surface area contributed by atoms with Gasteiger partial charge < -0.3 is 0 Å². The summed E-state index contributed by atoms with van der Waals surface area (Å²) in [4.78, 5) is 27.0. The summed E-state index contributed by atoms with van der Waals surface area (Å²) in [7, 11) is 2.94. The summed E-state index contributed by atoms with van der Waals surface area (Å²) < 4.78 is 0. The zero-order chi connectivity index (χ0) is 11.1. The monoisotopic (exact) mass is 203 g/mol. The van der Waals surface area contributed by atoms with E-state index in [-0.39, 0.29) is 11.8 Å². The van der Waals surface area contributed by atoms with Gasteiger partial charge in [0.1, 0.15) is 0 Å². The fourth-order valence-corrected chi connectivity index (χ4v) is 0.885. The van der Waals surface area contributed by atoms with Crippen LogP contribution in [-0.4, -0.2) is 26.0 Å². The Bertz CT molecular complexity index is 186. The van der Waals surface area contributed by atoms with Crippen molar-refractivity contribution in [1.29, 1.82) is 0 Å². The van der Waals surface area contributed by atoms with Crippen molar-refractivity contribution in [2.75, 3.05) is 14.2 Å². The molecular weight excluding hydrogens is 186 g/mol. The van der Waals surface area contributed by atoms with Crippen LogP contribution in [0.1, 0.15) is 13.8 Å². The first kappa shape index (κ1) is 12.9. The summed E-state index contributed by atoms with van der Waals surface area (Å²) in [6.45, 7) is 3.33. The number of carbonyl (C=O) groups is 2. The van der Waals surface area contributed by atoms with Crippen LogP contribution < -0.4 is 16.3 Å². The lowest BCUT2D eigenvalue weighted by atomic mass is 9.95. The van der Waals surface area contributed by atoms with Crippen molar-refractivity contribution in [3.8, 4) is 0 Å². The normalized spacial score (nSPS) is 14.3. The summed E-state index contributed by atoms with van der Waals surface area (Å²) in [6, 6.07) is 0. The van der Waals surface area contributed by atoms with Crippen molar-refractivity contribution < 1.29 is 14.4 Å². The molecule has 0 aliphatic heterocycles. The Labute approximate surface area is 83.3 Å². The average Bonchev–Trinajstić information content (AvgIpc) is 2.16. The van der Waals surface area contributed by atoms with Gasteiger partial charge in [0, 0.05) is 18.9 Å². The highest BCUT2D eigenvalue weighted by atomic mass is 16.6. The van der Waals surface area contributed by atoms with Gasteiger partial charge in [0.15, 0.2) is 0 Å². The van der Waals surface area contributed by atoms with E-state index in [2.05, 4.69) is 21.2 Å². The molecule has 0 unspecified atom stereocenters. The number of hydrazine groups is 1. The molecule has 0 aromatic carbocycles. The SMILES string of the molecule is CNNC(=O)[C@H](C)[C@H](C)C(=O)NOC. The van der Waals surface area contributed by atoms with Gasteiger partial charge in [-0.25, -0.2) is 10.9 Å². The van der Waals surface area contributed by atoms with E-state index in [1.807, 2.05) is 0 Å². The summed E-state index contributed by atoms with van der Waals surface area (Å²) >= 11 is 0. The minimum atomic E-state index is -0.441. The van der Waals surface area contributed by atoms with Crippen LogP contribution in [0.2, 0.25) is 0 Å². The van der Waals surface area contributed by atoms with Crippen LogP contribution in [0.5, 0.6) is 0 Å². The molecule has 6 heteroatoms. The van der Waals surface area contributed by atoms with Gasteiger partial charge in [-0.2, -0.15) is 0 Å². The zero-order valence-electron chi connectivity index (χ0n) is 8.88. The van der Waals surface area contributed by atoms with E-state index in [4.69, 9.17) is 0 Å². The lowest BCUT2D eigenvalue weighted by Gasteiger charge is -2.17. The summed E-state index contributed by atoms with van der Waals surface area (Å²) in [5.41, 5.74) is 7.11. The van der Waals surface area contributed by atoms with E-state index >= 15 is 0 Å². The maximum absolute atomic E-state index is 11.3. The molecular formula is C8H17N3O3. The third kappa shape index (κ3) is 3.71. The maximum Gasteiger partial charge on any atom is 0.247 e. The van der Waals surface area contributed by atoms with E-state index in [0.717, 1.165) is 0 Å². The molecule has 82 valence electrons. The van der Waals surface area contributed by atoms with Crippen LogP contribution in [0.3, 0.4) is 0 Å². The van der Waals surface area contributed by atoms with Crippen molar-refractivity contribution >= 4 is 11.8 Å². The van der Waals surface area contributed by atoms with Crippen molar-refractivity contribution in [2.45, 2.75) is 13.8 Å². The van der Waals surface area contributed by atoms with Gasteiger partial charge in [0.05, 0.1) is 7.11 Å². The molecule has 2 atom stereocenters. The summed E-state index contributed by atoms with van der Waals surface area (Å²) in [6.07, 6.45) is 0. The fraction of sp³-hybridized carbons (Fsp3) is 0.750. The van der Waals surface area contributed by atoms with Gasteiger partial charge in [-0.05, 0) is 0 Å². The first-order chi connectivity index (χ1) is 6.54. The molecule has 0 aromatic rings. The smallest absolute Gasteiger partial charge is 0.247 e. The van der Waals surface area contributed by atoms with E-state index in [1.54, 1.807) is 20.9 Å². The number of hydroxylamine groups is 1. The van der Waals surface area contributed by atoms with Crippen LogP contribution in [0, 0.1) is 11.8 Å². The van der Waals surface area contributed by atoms with Crippen molar-refractivity contribution in [2.24, 2.45) is 11.8 Å². The van der Waals surface area contributed by atoms with Crippen LogP contribution in [-0.2, 0) is 14.4 Å². The summed E-state index contributed by atoms with van der Waals surface area (Å²) in [5, 5.41) is 0. The number of carbonyl (C=O) groups excluding carboxylic acids is 2. The molecule has 0 saturated carbocycles. The van der Waals surface area contributed by atoms with Gasteiger partial charge in [-0.3, -0.25) is 19.9 Å². The Morgan fingerprint density at radius 3 is 2.07 bits per heavy atom. The first-order valence-electron chi connectivity index (χ1n) is 4.34. The number of amides is 2. The average molecular weight is 203 g/mol. The Balaban J connectivity index is 4.16. The molecule has 0 aliphatic rings. The molecule has 6 nitrogen and oxygen atoms in total. The zero-order valence-corrected chi connectivity index (χ0v) is 8.88. The number of rotatable bonds is 5. The third-order valence-electron chi connectivity index (χ3n) is 2.03. The molecule has 2 amide bonds. The lowest BCUT2D eigenvalue weighted by molar-refractivity contribution is -0.140. The van der Waals surface area contributed by atoms with Crippen molar-refractivity contribution in [1.82, 2.24) is 16.3 Å². The van der Waals surface area contributed by atoms with Gasteiger partial charge in [-0.1, -0.05) is 13.8 Å². The Morgan fingerprint density at radius 2 is 1.64 bits per heavy atom. The quantitative estimate of drug-likeness (QED) is 0.510. The second-order valence-corrected chi connectivity index (χ2v) is 2.99. The second-order valence-electron chi connectivity index (χ2n) is 2.99.